The van der Waals surface area contributed by atoms with E-state index < -0.39 is 0 Å². The van der Waals surface area contributed by atoms with Crippen molar-refractivity contribution in [1.82, 2.24) is 10.3 Å². The second-order valence-corrected chi connectivity index (χ2v) is 5.94. The Morgan fingerprint density at radius 2 is 2.31 bits per heavy atom. The Morgan fingerprint density at radius 1 is 1.38 bits per heavy atom. The topological polar surface area (TPSA) is 45.2 Å². The highest BCUT2D eigenvalue weighted by Crippen LogP contribution is 2.34. The molecule has 2 unspecified atom stereocenters. The number of hydrogen-bond donors (Lipinski definition) is 2. The van der Waals surface area contributed by atoms with Gasteiger partial charge < -0.3 is 10.4 Å². The number of nitrogens with one attached hydrogen (secondary N) is 1. The lowest BCUT2D eigenvalue weighted by atomic mass is 9.94. The third-order valence-corrected chi connectivity index (χ3v) is 4.87. The highest BCUT2D eigenvalue weighted by Gasteiger charge is 2.27. The standard InChI is InChI=1S/C12H18N2OS/c15-11(8-3-2-6-13-7-8)12-14-9-4-1-5-10(9)16-12/h8,11,13,15H,1-7H2. The second-order valence-electron chi connectivity index (χ2n) is 4.83. The summed E-state index contributed by atoms with van der Waals surface area (Å²) < 4.78 is 0. The molecule has 0 radical (unpaired) electrons. The van der Waals surface area contributed by atoms with Crippen LogP contribution < -0.4 is 5.32 Å². The summed E-state index contributed by atoms with van der Waals surface area (Å²) in [6, 6.07) is 0. The zero-order chi connectivity index (χ0) is 11.0. The summed E-state index contributed by atoms with van der Waals surface area (Å²) in [5.41, 5.74) is 1.25. The molecule has 88 valence electrons. The van der Waals surface area contributed by atoms with Crippen LogP contribution in [0.5, 0.6) is 0 Å². The van der Waals surface area contributed by atoms with Gasteiger partial charge in [-0.25, -0.2) is 4.98 Å². The first-order valence-corrected chi connectivity index (χ1v) is 7.03. The minimum absolute atomic E-state index is 0.344. The minimum Gasteiger partial charge on any atom is -0.386 e. The predicted molar refractivity (Wildman–Crippen MR) is 64.7 cm³/mol. The van der Waals surface area contributed by atoms with Crippen LogP contribution in [-0.2, 0) is 12.8 Å². The van der Waals surface area contributed by atoms with Gasteiger partial charge in [0.05, 0.1) is 5.69 Å². The Hall–Kier alpha value is -0.450. The van der Waals surface area contributed by atoms with Crippen LogP contribution in [0.15, 0.2) is 0 Å². The smallest absolute Gasteiger partial charge is 0.122 e. The fraction of sp³-hybridized carbons (Fsp3) is 0.750. The molecule has 3 nitrogen and oxygen atoms in total. The van der Waals surface area contributed by atoms with Crippen molar-refractivity contribution in [2.45, 2.75) is 38.2 Å². The summed E-state index contributed by atoms with van der Waals surface area (Å²) in [5, 5.41) is 14.6. The molecule has 0 aromatic carbocycles. The number of piperidine rings is 1. The third kappa shape index (κ3) is 1.90. The fourth-order valence-corrected chi connectivity index (χ4v) is 3.92. The summed E-state index contributed by atoms with van der Waals surface area (Å²) in [7, 11) is 0. The van der Waals surface area contributed by atoms with Crippen LogP contribution in [0, 0.1) is 5.92 Å². The molecule has 0 spiro atoms. The van der Waals surface area contributed by atoms with Crippen molar-refractivity contribution in [3.63, 3.8) is 0 Å². The molecule has 4 heteroatoms. The van der Waals surface area contributed by atoms with Crippen LogP contribution in [0.4, 0.5) is 0 Å². The van der Waals surface area contributed by atoms with E-state index in [-0.39, 0.29) is 6.10 Å². The van der Waals surface area contributed by atoms with Crippen molar-refractivity contribution in [3.05, 3.63) is 15.6 Å². The van der Waals surface area contributed by atoms with Gasteiger partial charge in [-0.05, 0) is 38.6 Å². The van der Waals surface area contributed by atoms with Gasteiger partial charge in [-0.2, -0.15) is 0 Å². The highest BCUT2D eigenvalue weighted by atomic mass is 32.1. The van der Waals surface area contributed by atoms with E-state index in [4.69, 9.17) is 0 Å². The van der Waals surface area contributed by atoms with E-state index in [0.717, 1.165) is 30.9 Å². The van der Waals surface area contributed by atoms with E-state index in [9.17, 15) is 5.11 Å². The van der Waals surface area contributed by atoms with Crippen LogP contribution in [0.1, 0.15) is 40.9 Å². The SMILES string of the molecule is OC(c1nc2c(s1)CCC2)C1CCCNC1. The number of fused-ring (bicyclic) bond motifs is 1. The van der Waals surface area contributed by atoms with E-state index in [1.807, 2.05) is 0 Å². The lowest BCUT2D eigenvalue weighted by Gasteiger charge is -2.26. The highest BCUT2D eigenvalue weighted by molar-refractivity contribution is 7.11. The summed E-state index contributed by atoms with van der Waals surface area (Å²) >= 11 is 1.73. The second kappa shape index (κ2) is 4.43. The normalized spacial score (nSPS) is 26.7. The first-order chi connectivity index (χ1) is 7.84. The molecule has 2 N–H and O–H groups in total. The molecule has 1 fully saturated rings. The van der Waals surface area contributed by atoms with Crippen molar-refractivity contribution in [1.29, 1.82) is 0 Å². The lowest BCUT2D eigenvalue weighted by Crippen LogP contribution is -2.33. The van der Waals surface area contributed by atoms with E-state index in [0.29, 0.717) is 5.92 Å². The number of hydrogen-bond acceptors (Lipinski definition) is 4. The number of aliphatic hydroxyl groups is 1. The van der Waals surface area contributed by atoms with Crippen LogP contribution >= 0.6 is 11.3 Å². The van der Waals surface area contributed by atoms with Crippen molar-refractivity contribution in [2.75, 3.05) is 13.1 Å². The zero-order valence-corrected chi connectivity index (χ0v) is 10.2. The van der Waals surface area contributed by atoms with Gasteiger partial charge in [0.1, 0.15) is 11.1 Å². The maximum Gasteiger partial charge on any atom is 0.122 e. The van der Waals surface area contributed by atoms with E-state index >= 15 is 0 Å². The Kier molecular flexibility index (Phi) is 2.96. The maximum absolute atomic E-state index is 10.3. The number of nitrogens with zero attached hydrogens (tertiary/aromatic N) is 1. The molecule has 2 heterocycles. The summed E-state index contributed by atoms with van der Waals surface area (Å²) in [6.07, 6.45) is 5.48. The molecule has 1 aromatic heterocycles. The van der Waals surface area contributed by atoms with Crippen molar-refractivity contribution in [3.8, 4) is 0 Å². The molecule has 0 saturated carbocycles. The molecular weight excluding hydrogens is 220 g/mol. The van der Waals surface area contributed by atoms with Gasteiger partial charge in [-0.15, -0.1) is 11.3 Å². The molecule has 1 saturated heterocycles. The van der Waals surface area contributed by atoms with Gasteiger partial charge in [0.15, 0.2) is 0 Å². The quantitative estimate of drug-likeness (QED) is 0.823. The maximum atomic E-state index is 10.3. The minimum atomic E-state index is -0.344. The summed E-state index contributed by atoms with van der Waals surface area (Å²) in [5.74, 6) is 0.361. The predicted octanol–water partition coefficient (Wildman–Crippen LogP) is 1.66. The molecule has 2 aliphatic rings. The largest absolute Gasteiger partial charge is 0.386 e. The summed E-state index contributed by atoms with van der Waals surface area (Å²) in [4.78, 5) is 6.02. The molecular formula is C12H18N2OS. The van der Waals surface area contributed by atoms with Gasteiger partial charge in [0, 0.05) is 17.3 Å². The number of aliphatic hydroxyl groups excluding tert-OH is 1. The number of aryl methyl sites for hydroxylation is 2. The van der Waals surface area contributed by atoms with Gasteiger partial charge >= 0.3 is 0 Å². The summed E-state index contributed by atoms with van der Waals surface area (Å²) in [6.45, 7) is 2.03. The molecule has 16 heavy (non-hydrogen) atoms. The number of rotatable bonds is 2. The molecule has 1 aliphatic heterocycles. The van der Waals surface area contributed by atoms with Crippen LogP contribution in [0.3, 0.4) is 0 Å². The monoisotopic (exact) mass is 238 g/mol. The van der Waals surface area contributed by atoms with Gasteiger partial charge in [-0.1, -0.05) is 0 Å². The number of aromatic nitrogens is 1. The van der Waals surface area contributed by atoms with E-state index in [2.05, 4.69) is 10.3 Å². The third-order valence-electron chi connectivity index (χ3n) is 3.65. The van der Waals surface area contributed by atoms with Gasteiger partial charge in [0.2, 0.25) is 0 Å². The average Bonchev–Trinajstić information content (AvgIpc) is 2.89. The van der Waals surface area contributed by atoms with Crippen LogP contribution in [-0.4, -0.2) is 23.2 Å². The average molecular weight is 238 g/mol. The molecule has 2 atom stereocenters. The van der Waals surface area contributed by atoms with Crippen LogP contribution in [0.25, 0.3) is 0 Å². The van der Waals surface area contributed by atoms with Gasteiger partial charge in [-0.3, -0.25) is 0 Å². The molecule has 1 aliphatic carbocycles. The van der Waals surface area contributed by atoms with E-state index in [1.54, 1.807) is 11.3 Å². The Balaban J connectivity index is 1.75. The number of thiazole rings is 1. The first-order valence-electron chi connectivity index (χ1n) is 6.22. The Labute approximate surface area is 99.9 Å². The lowest BCUT2D eigenvalue weighted by molar-refractivity contribution is 0.0917. The van der Waals surface area contributed by atoms with Crippen LogP contribution in [0.2, 0.25) is 0 Å². The van der Waals surface area contributed by atoms with Crippen molar-refractivity contribution in [2.24, 2.45) is 5.92 Å². The molecule has 3 rings (SSSR count). The molecule has 0 amide bonds. The zero-order valence-electron chi connectivity index (χ0n) is 9.41. The molecule has 0 bridgehead atoms. The Bertz CT molecular complexity index is 350. The first kappa shape index (κ1) is 10.7. The Morgan fingerprint density at radius 3 is 3.06 bits per heavy atom. The molecule has 1 aromatic rings. The van der Waals surface area contributed by atoms with E-state index in [1.165, 1.54) is 29.8 Å². The van der Waals surface area contributed by atoms with Crippen molar-refractivity contribution >= 4 is 11.3 Å². The van der Waals surface area contributed by atoms with Gasteiger partial charge in [0.25, 0.3) is 0 Å². The van der Waals surface area contributed by atoms with Crippen molar-refractivity contribution < 1.29 is 5.11 Å². The fourth-order valence-electron chi connectivity index (χ4n) is 2.69.